The van der Waals surface area contributed by atoms with E-state index in [2.05, 4.69) is 10.1 Å². The van der Waals surface area contributed by atoms with E-state index in [-0.39, 0.29) is 11.2 Å². The standard InChI is InChI=1S/C14H20N6O2/c1-5-7-18-12(21)10-11(17(4)14(18)22)15-13-19(10)8-9(3)16-20(13)6-2/h5-8H2,1-4H3. The largest absolute Gasteiger partial charge is 0.332 e. The van der Waals surface area contributed by atoms with Crippen LogP contribution in [0, 0.1) is 0 Å². The Morgan fingerprint density at radius 3 is 2.59 bits per heavy atom. The Morgan fingerprint density at radius 1 is 1.23 bits per heavy atom. The van der Waals surface area contributed by atoms with Crippen molar-refractivity contribution in [2.75, 3.05) is 11.6 Å². The van der Waals surface area contributed by atoms with E-state index >= 15 is 0 Å². The molecule has 0 aliphatic carbocycles. The van der Waals surface area contributed by atoms with E-state index in [4.69, 9.17) is 0 Å². The lowest BCUT2D eigenvalue weighted by Gasteiger charge is -2.23. The van der Waals surface area contributed by atoms with Gasteiger partial charge in [0, 0.05) is 20.1 Å². The Morgan fingerprint density at radius 2 is 1.95 bits per heavy atom. The number of aryl methyl sites for hydroxylation is 1. The summed E-state index contributed by atoms with van der Waals surface area (Å²) in [5.41, 5.74) is 1.20. The van der Waals surface area contributed by atoms with Crippen LogP contribution < -0.4 is 16.3 Å². The lowest BCUT2D eigenvalue weighted by Crippen LogP contribution is -2.40. The van der Waals surface area contributed by atoms with Crippen LogP contribution in [0.2, 0.25) is 0 Å². The van der Waals surface area contributed by atoms with Crippen LogP contribution in [-0.2, 0) is 20.1 Å². The molecule has 8 nitrogen and oxygen atoms in total. The molecule has 2 aromatic rings. The smallest absolute Gasteiger partial charge is 0.297 e. The van der Waals surface area contributed by atoms with Gasteiger partial charge in [-0.2, -0.15) is 10.1 Å². The molecule has 3 rings (SSSR count). The van der Waals surface area contributed by atoms with Gasteiger partial charge in [0.2, 0.25) is 5.95 Å². The molecule has 0 saturated heterocycles. The van der Waals surface area contributed by atoms with Crippen LogP contribution in [0.4, 0.5) is 5.95 Å². The number of aromatic nitrogens is 4. The van der Waals surface area contributed by atoms with Gasteiger partial charge in [0.05, 0.1) is 12.3 Å². The first kappa shape index (κ1) is 14.6. The van der Waals surface area contributed by atoms with E-state index in [1.165, 1.54) is 9.13 Å². The monoisotopic (exact) mass is 304 g/mol. The molecule has 0 fully saturated rings. The predicted octanol–water partition coefficient (Wildman–Crippen LogP) is 0.522. The summed E-state index contributed by atoms with van der Waals surface area (Å²) >= 11 is 0. The fraction of sp³-hybridized carbons (Fsp3) is 0.571. The van der Waals surface area contributed by atoms with Crippen molar-refractivity contribution in [3.8, 4) is 0 Å². The van der Waals surface area contributed by atoms with Gasteiger partial charge < -0.3 is 0 Å². The third kappa shape index (κ3) is 1.90. The lowest BCUT2D eigenvalue weighted by molar-refractivity contribution is 0.590. The van der Waals surface area contributed by atoms with E-state index in [1.54, 1.807) is 12.1 Å². The fourth-order valence-electron chi connectivity index (χ4n) is 2.85. The second-order valence-electron chi connectivity index (χ2n) is 5.52. The number of fused-ring (bicyclic) bond motifs is 3. The molecule has 0 radical (unpaired) electrons. The van der Waals surface area contributed by atoms with E-state index in [0.29, 0.717) is 36.7 Å². The van der Waals surface area contributed by atoms with Crippen molar-refractivity contribution in [3.05, 3.63) is 20.8 Å². The normalized spacial score (nSPS) is 14.4. The maximum absolute atomic E-state index is 12.8. The van der Waals surface area contributed by atoms with Gasteiger partial charge in [0.25, 0.3) is 5.56 Å². The molecule has 0 N–H and O–H groups in total. The molecule has 0 saturated carbocycles. The predicted molar refractivity (Wildman–Crippen MR) is 85.7 cm³/mol. The summed E-state index contributed by atoms with van der Waals surface area (Å²) in [6.07, 6.45) is 0.725. The first-order valence-corrected chi connectivity index (χ1v) is 7.51. The second-order valence-corrected chi connectivity index (χ2v) is 5.52. The number of hydrogen-bond acceptors (Lipinski definition) is 5. The van der Waals surface area contributed by atoms with Crippen molar-refractivity contribution in [1.29, 1.82) is 0 Å². The van der Waals surface area contributed by atoms with Crippen molar-refractivity contribution >= 4 is 22.8 Å². The molecule has 0 amide bonds. The second kappa shape index (κ2) is 5.11. The van der Waals surface area contributed by atoms with Crippen LogP contribution in [0.25, 0.3) is 11.2 Å². The van der Waals surface area contributed by atoms with Crippen LogP contribution in [0.1, 0.15) is 27.2 Å². The van der Waals surface area contributed by atoms with Gasteiger partial charge in [-0.15, -0.1) is 0 Å². The van der Waals surface area contributed by atoms with Gasteiger partial charge in [-0.05, 0) is 20.3 Å². The van der Waals surface area contributed by atoms with Crippen LogP contribution >= 0.6 is 0 Å². The highest BCUT2D eigenvalue weighted by Crippen LogP contribution is 2.23. The Bertz CT molecular complexity index is 885. The lowest BCUT2D eigenvalue weighted by atomic mass is 10.3. The van der Waals surface area contributed by atoms with E-state index < -0.39 is 0 Å². The molecule has 0 spiro atoms. The molecular formula is C14H20N6O2. The Balaban J connectivity index is 2.41. The molecule has 0 atom stereocenters. The zero-order chi connectivity index (χ0) is 16.0. The highest BCUT2D eigenvalue weighted by atomic mass is 16.2. The first-order chi connectivity index (χ1) is 10.5. The third-order valence-electron chi connectivity index (χ3n) is 3.87. The maximum Gasteiger partial charge on any atom is 0.332 e. The third-order valence-corrected chi connectivity index (χ3v) is 3.87. The van der Waals surface area contributed by atoms with Gasteiger partial charge in [-0.3, -0.25) is 18.5 Å². The molecule has 2 aromatic heterocycles. The average molecular weight is 304 g/mol. The Hall–Kier alpha value is -2.38. The van der Waals surface area contributed by atoms with Gasteiger partial charge >= 0.3 is 5.69 Å². The molecule has 0 unspecified atom stereocenters. The van der Waals surface area contributed by atoms with Gasteiger partial charge in [0.1, 0.15) is 0 Å². The first-order valence-electron chi connectivity index (χ1n) is 7.51. The molecule has 22 heavy (non-hydrogen) atoms. The fourth-order valence-corrected chi connectivity index (χ4v) is 2.85. The zero-order valence-electron chi connectivity index (χ0n) is 13.3. The summed E-state index contributed by atoms with van der Waals surface area (Å²) < 4.78 is 4.59. The zero-order valence-corrected chi connectivity index (χ0v) is 13.3. The van der Waals surface area contributed by atoms with Gasteiger partial charge in [-0.25, -0.2) is 9.80 Å². The molecule has 8 heteroatoms. The van der Waals surface area contributed by atoms with Crippen molar-refractivity contribution in [2.24, 2.45) is 12.1 Å². The minimum absolute atomic E-state index is 0.274. The number of anilines is 1. The number of hydrogen-bond donors (Lipinski definition) is 0. The molecule has 118 valence electrons. The van der Waals surface area contributed by atoms with E-state index in [0.717, 1.165) is 12.1 Å². The summed E-state index contributed by atoms with van der Waals surface area (Å²) in [5.74, 6) is 0.615. The van der Waals surface area contributed by atoms with Crippen molar-refractivity contribution in [3.63, 3.8) is 0 Å². The van der Waals surface area contributed by atoms with Crippen LogP contribution in [0.15, 0.2) is 14.7 Å². The van der Waals surface area contributed by atoms with Crippen molar-refractivity contribution < 1.29 is 0 Å². The Labute approximate surface area is 127 Å². The minimum atomic E-state index is -0.324. The molecular weight excluding hydrogens is 284 g/mol. The van der Waals surface area contributed by atoms with Crippen LogP contribution in [0.5, 0.6) is 0 Å². The maximum atomic E-state index is 12.8. The number of nitrogens with zero attached hydrogens (tertiary/aromatic N) is 6. The van der Waals surface area contributed by atoms with Gasteiger partial charge in [0.15, 0.2) is 11.2 Å². The minimum Gasteiger partial charge on any atom is -0.297 e. The average Bonchev–Trinajstić information content (AvgIpc) is 2.88. The molecule has 3 heterocycles. The number of rotatable bonds is 3. The van der Waals surface area contributed by atoms with Crippen LogP contribution in [0.3, 0.4) is 0 Å². The highest BCUT2D eigenvalue weighted by Gasteiger charge is 2.25. The molecule has 0 bridgehead atoms. The Kier molecular flexibility index (Phi) is 3.38. The van der Waals surface area contributed by atoms with Crippen molar-refractivity contribution in [1.82, 2.24) is 18.7 Å². The number of hydrazone groups is 1. The molecule has 1 aliphatic heterocycles. The topological polar surface area (TPSA) is 77.4 Å². The summed E-state index contributed by atoms with van der Waals surface area (Å²) in [5, 5.41) is 6.21. The van der Waals surface area contributed by atoms with E-state index in [1.807, 2.05) is 25.3 Å². The highest BCUT2D eigenvalue weighted by molar-refractivity contribution is 5.87. The van der Waals surface area contributed by atoms with Crippen molar-refractivity contribution in [2.45, 2.75) is 40.3 Å². The van der Waals surface area contributed by atoms with E-state index in [9.17, 15) is 9.59 Å². The summed E-state index contributed by atoms with van der Waals surface area (Å²) in [7, 11) is 1.65. The number of imidazole rings is 1. The summed E-state index contributed by atoms with van der Waals surface area (Å²) in [4.78, 5) is 29.6. The SMILES string of the molecule is CCCn1c(=O)c2c(nc3n2CC(C)=NN3CC)n(C)c1=O. The molecule has 0 aromatic carbocycles. The quantitative estimate of drug-likeness (QED) is 0.828. The van der Waals surface area contributed by atoms with Crippen LogP contribution in [-0.4, -0.2) is 30.9 Å². The summed E-state index contributed by atoms with van der Waals surface area (Å²) in [6.45, 7) is 7.41. The summed E-state index contributed by atoms with van der Waals surface area (Å²) in [6, 6.07) is 0. The molecule has 1 aliphatic rings. The van der Waals surface area contributed by atoms with Gasteiger partial charge in [-0.1, -0.05) is 6.92 Å².